The van der Waals surface area contributed by atoms with Crippen LogP contribution in [0.3, 0.4) is 0 Å². The number of rotatable bonds is 4. The highest BCUT2D eigenvalue weighted by Crippen LogP contribution is 2.24. The highest BCUT2D eigenvalue weighted by molar-refractivity contribution is 5.86. The lowest BCUT2D eigenvalue weighted by atomic mass is 9.99. The van der Waals surface area contributed by atoms with E-state index in [1.165, 1.54) is 21.7 Å². The molecule has 4 rings (SSSR count). The van der Waals surface area contributed by atoms with Crippen LogP contribution < -0.4 is 5.32 Å². The SMILES string of the molecule is CC(NCc1ccc2ccccc2n1)c1cccc2ccccc12. The predicted molar refractivity (Wildman–Crippen MR) is 101 cm³/mol. The van der Waals surface area contributed by atoms with Crippen molar-refractivity contribution in [3.8, 4) is 0 Å². The van der Waals surface area contributed by atoms with Crippen LogP contribution in [0.2, 0.25) is 0 Å². The highest BCUT2D eigenvalue weighted by atomic mass is 14.9. The van der Waals surface area contributed by atoms with Gasteiger partial charge in [0.25, 0.3) is 0 Å². The number of hydrogen-bond donors (Lipinski definition) is 1. The van der Waals surface area contributed by atoms with E-state index in [4.69, 9.17) is 4.98 Å². The lowest BCUT2D eigenvalue weighted by Crippen LogP contribution is -2.19. The van der Waals surface area contributed by atoms with E-state index in [1.54, 1.807) is 0 Å². The van der Waals surface area contributed by atoms with E-state index in [0.717, 1.165) is 17.8 Å². The molecular weight excluding hydrogens is 292 g/mol. The number of nitrogens with one attached hydrogen (secondary N) is 1. The fourth-order valence-electron chi connectivity index (χ4n) is 3.20. The van der Waals surface area contributed by atoms with E-state index < -0.39 is 0 Å². The summed E-state index contributed by atoms with van der Waals surface area (Å²) in [6.45, 7) is 2.97. The topological polar surface area (TPSA) is 24.9 Å². The summed E-state index contributed by atoms with van der Waals surface area (Å²) in [5, 5.41) is 7.39. The van der Waals surface area contributed by atoms with Crippen LogP contribution in [0.15, 0.2) is 78.9 Å². The van der Waals surface area contributed by atoms with Crippen molar-refractivity contribution in [3.63, 3.8) is 0 Å². The minimum Gasteiger partial charge on any atom is -0.305 e. The van der Waals surface area contributed by atoms with E-state index in [1.807, 2.05) is 12.1 Å². The van der Waals surface area contributed by atoms with Gasteiger partial charge in [0, 0.05) is 18.0 Å². The van der Waals surface area contributed by atoms with Gasteiger partial charge in [0.15, 0.2) is 0 Å². The van der Waals surface area contributed by atoms with Crippen LogP contribution in [-0.4, -0.2) is 4.98 Å². The lowest BCUT2D eigenvalue weighted by molar-refractivity contribution is 0.572. The van der Waals surface area contributed by atoms with Gasteiger partial charge >= 0.3 is 0 Å². The second-order valence-electron chi connectivity index (χ2n) is 6.17. The summed E-state index contributed by atoms with van der Waals surface area (Å²) in [5.41, 5.74) is 3.45. The van der Waals surface area contributed by atoms with Gasteiger partial charge in [-0.15, -0.1) is 0 Å². The molecular formula is C22H20N2. The number of fused-ring (bicyclic) bond motifs is 2. The average Bonchev–Trinajstić information content (AvgIpc) is 2.65. The highest BCUT2D eigenvalue weighted by Gasteiger charge is 2.09. The maximum atomic E-state index is 4.74. The minimum atomic E-state index is 0.268. The molecule has 1 aromatic heterocycles. The number of nitrogens with zero attached hydrogens (tertiary/aromatic N) is 1. The van der Waals surface area contributed by atoms with Gasteiger partial charge in [-0.1, -0.05) is 66.7 Å². The smallest absolute Gasteiger partial charge is 0.0705 e. The van der Waals surface area contributed by atoms with Crippen molar-refractivity contribution in [1.29, 1.82) is 0 Å². The molecule has 0 amide bonds. The first-order chi connectivity index (χ1) is 11.8. The molecule has 2 heteroatoms. The van der Waals surface area contributed by atoms with Crippen molar-refractivity contribution in [3.05, 3.63) is 90.1 Å². The van der Waals surface area contributed by atoms with Crippen molar-refractivity contribution >= 4 is 21.7 Å². The average molecular weight is 312 g/mol. The molecule has 1 heterocycles. The van der Waals surface area contributed by atoms with E-state index in [0.29, 0.717) is 0 Å². The van der Waals surface area contributed by atoms with Crippen molar-refractivity contribution in [1.82, 2.24) is 10.3 Å². The minimum absolute atomic E-state index is 0.268. The van der Waals surface area contributed by atoms with Gasteiger partial charge in [-0.2, -0.15) is 0 Å². The normalized spacial score (nSPS) is 12.5. The van der Waals surface area contributed by atoms with E-state index in [9.17, 15) is 0 Å². The van der Waals surface area contributed by atoms with Crippen LogP contribution >= 0.6 is 0 Å². The molecule has 1 unspecified atom stereocenters. The maximum Gasteiger partial charge on any atom is 0.0705 e. The van der Waals surface area contributed by atoms with E-state index in [2.05, 4.69) is 79.0 Å². The molecule has 0 saturated heterocycles. The molecule has 0 saturated carbocycles. The van der Waals surface area contributed by atoms with Crippen molar-refractivity contribution in [2.45, 2.75) is 19.5 Å². The van der Waals surface area contributed by atoms with Gasteiger partial charge in [-0.3, -0.25) is 4.98 Å². The Morgan fingerprint density at radius 3 is 2.46 bits per heavy atom. The summed E-state index contributed by atoms with van der Waals surface area (Å²) < 4.78 is 0. The summed E-state index contributed by atoms with van der Waals surface area (Å²) in [7, 11) is 0. The fraction of sp³-hybridized carbons (Fsp3) is 0.136. The Hall–Kier alpha value is -2.71. The summed E-state index contributed by atoms with van der Waals surface area (Å²) in [6.07, 6.45) is 0. The molecule has 2 nitrogen and oxygen atoms in total. The van der Waals surface area contributed by atoms with Crippen molar-refractivity contribution in [2.75, 3.05) is 0 Å². The van der Waals surface area contributed by atoms with Crippen LogP contribution in [0.25, 0.3) is 21.7 Å². The number of para-hydroxylation sites is 1. The van der Waals surface area contributed by atoms with Crippen LogP contribution in [0.4, 0.5) is 0 Å². The van der Waals surface area contributed by atoms with Gasteiger partial charge in [0.2, 0.25) is 0 Å². The molecule has 3 aromatic carbocycles. The van der Waals surface area contributed by atoms with Crippen LogP contribution in [0.5, 0.6) is 0 Å². The Morgan fingerprint density at radius 2 is 1.54 bits per heavy atom. The number of pyridine rings is 1. The Balaban J connectivity index is 1.55. The molecule has 0 aliphatic heterocycles. The predicted octanol–water partition coefficient (Wildman–Crippen LogP) is 5.24. The first-order valence-electron chi connectivity index (χ1n) is 8.37. The monoisotopic (exact) mass is 312 g/mol. The molecule has 118 valence electrons. The second-order valence-corrected chi connectivity index (χ2v) is 6.17. The third-order valence-electron chi connectivity index (χ3n) is 4.54. The van der Waals surface area contributed by atoms with Gasteiger partial charge < -0.3 is 5.32 Å². The Labute approximate surface area is 142 Å². The van der Waals surface area contributed by atoms with Crippen molar-refractivity contribution < 1.29 is 0 Å². The summed E-state index contributed by atoms with van der Waals surface area (Å²) in [5.74, 6) is 0. The molecule has 1 atom stereocenters. The standard InChI is InChI=1S/C22H20N2/c1-16(20-11-6-9-17-7-2-4-10-21(17)20)23-15-19-14-13-18-8-3-5-12-22(18)24-19/h2-14,16,23H,15H2,1H3. The summed E-state index contributed by atoms with van der Waals surface area (Å²) in [6, 6.07) is 27.8. The van der Waals surface area contributed by atoms with Crippen LogP contribution in [0, 0.1) is 0 Å². The zero-order valence-corrected chi connectivity index (χ0v) is 13.7. The Morgan fingerprint density at radius 1 is 0.792 bits per heavy atom. The first kappa shape index (κ1) is 14.9. The molecule has 0 radical (unpaired) electrons. The summed E-state index contributed by atoms with van der Waals surface area (Å²) >= 11 is 0. The van der Waals surface area contributed by atoms with Gasteiger partial charge in [0.05, 0.1) is 11.2 Å². The molecule has 0 aliphatic carbocycles. The van der Waals surface area contributed by atoms with Gasteiger partial charge in [-0.05, 0) is 35.4 Å². The zero-order chi connectivity index (χ0) is 16.4. The molecule has 0 spiro atoms. The summed E-state index contributed by atoms with van der Waals surface area (Å²) in [4.78, 5) is 4.74. The Kier molecular flexibility index (Phi) is 3.97. The third-order valence-corrected chi connectivity index (χ3v) is 4.54. The largest absolute Gasteiger partial charge is 0.305 e. The fourth-order valence-corrected chi connectivity index (χ4v) is 3.20. The third kappa shape index (κ3) is 2.89. The van der Waals surface area contributed by atoms with Gasteiger partial charge in [-0.25, -0.2) is 0 Å². The van der Waals surface area contributed by atoms with E-state index in [-0.39, 0.29) is 6.04 Å². The number of aromatic nitrogens is 1. The van der Waals surface area contributed by atoms with E-state index >= 15 is 0 Å². The number of benzene rings is 3. The lowest BCUT2D eigenvalue weighted by Gasteiger charge is -2.16. The molecule has 4 aromatic rings. The molecule has 1 N–H and O–H groups in total. The molecule has 0 fully saturated rings. The van der Waals surface area contributed by atoms with Gasteiger partial charge in [0.1, 0.15) is 0 Å². The maximum absolute atomic E-state index is 4.74. The Bertz CT molecular complexity index is 986. The molecule has 0 aliphatic rings. The zero-order valence-electron chi connectivity index (χ0n) is 13.7. The second kappa shape index (κ2) is 6.42. The quantitative estimate of drug-likeness (QED) is 0.557. The van der Waals surface area contributed by atoms with Crippen LogP contribution in [-0.2, 0) is 6.54 Å². The first-order valence-corrected chi connectivity index (χ1v) is 8.37. The van der Waals surface area contributed by atoms with Crippen molar-refractivity contribution in [2.24, 2.45) is 0 Å². The van der Waals surface area contributed by atoms with Crippen LogP contribution in [0.1, 0.15) is 24.2 Å². The number of hydrogen-bond acceptors (Lipinski definition) is 2. The molecule has 0 bridgehead atoms. The molecule has 24 heavy (non-hydrogen) atoms.